The molecular weight excluding hydrogens is 496 g/mol. The van der Waals surface area contributed by atoms with E-state index in [-0.39, 0.29) is 11.4 Å². The molecule has 2 amide bonds. The number of sulfonamides is 1. The van der Waals surface area contributed by atoms with Gasteiger partial charge in [-0.2, -0.15) is 0 Å². The quantitative estimate of drug-likeness (QED) is 0.254. The van der Waals surface area contributed by atoms with Crippen LogP contribution < -0.4 is 20.5 Å². The maximum atomic E-state index is 13.0. The molecule has 4 rings (SSSR count). The normalized spacial score (nSPS) is 11.9. The van der Waals surface area contributed by atoms with E-state index in [1.165, 1.54) is 12.1 Å². The van der Waals surface area contributed by atoms with Crippen LogP contribution in [0.25, 0.3) is 11.1 Å². The highest BCUT2D eigenvalue weighted by atomic mass is 32.2. The monoisotopic (exact) mass is 520 g/mol. The highest BCUT2D eigenvalue weighted by Crippen LogP contribution is 2.28. The summed E-state index contributed by atoms with van der Waals surface area (Å²) < 4.78 is 38.7. The molecule has 10 heteroatoms. The summed E-state index contributed by atoms with van der Waals surface area (Å²) in [4.78, 5) is 12.9. The number of amides is 2. The van der Waals surface area contributed by atoms with Gasteiger partial charge >= 0.3 is 6.03 Å². The zero-order valence-corrected chi connectivity index (χ0v) is 20.7. The van der Waals surface area contributed by atoms with E-state index in [1.807, 2.05) is 54.6 Å². The van der Waals surface area contributed by atoms with Crippen LogP contribution in [0.5, 0.6) is 0 Å². The Kier molecular flexibility index (Phi) is 7.91. The van der Waals surface area contributed by atoms with Gasteiger partial charge in [0, 0.05) is 17.8 Å². The molecular formula is C26H24N4O4S2. The number of hydrogen-bond acceptors (Lipinski definition) is 5. The summed E-state index contributed by atoms with van der Waals surface area (Å²) in [6, 6.07) is 29.6. The molecule has 184 valence electrons. The van der Waals surface area contributed by atoms with Gasteiger partial charge in [-0.1, -0.05) is 54.6 Å². The molecule has 0 aliphatic rings. The molecule has 0 aliphatic heterocycles. The van der Waals surface area contributed by atoms with Gasteiger partial charge in [-0.05, 0) is 59.7 Å². The van der Waals surface area contributed by atoms with Crippen molar-refractivity contribution >= 4 is 38.8 Å². The molecule has 1 unspecified atom stereocenters. The SMILES string of the molecule is NS(=O)(=O)c1ccc(CNC(=O)Nc2ccc(N[S+]([O-])c3ccccc3-c3ccccc3)cc2)cc1. The Morgan fingerprint density at radius 3 is 2.08 bits per heavy atom. The summed E-state index contributed by atoms with van der Waals surface area (Å²) in [6.45, 7) is 0.205. The fraction of sp³-hybridized carbons (Fsp3) is 0.0385. The Morgan fingerprint density at radius 1 is 0.806 bits per heavy atom. The number of hydrogen-bond donors (Lipinski definition) is 4. The minimum absolute atomic E-state index is 0.00823. The Labute approximate surface area is 212 Å². The van der Waals surface area contributed by atoms with E-state index in [2.05, 4.69) is 15.4 Å². The van der Waals surface area contributed by atoms with E-state index >= 15 is 0 Å². The van der Waals surface area contributed by atoms with Crippen molar-refractivity contribution in [2.45, 2.75) is 16.3 Å². The second kappa shape index (κ2) is 11.3. The molecule has 0 aliphatic carbocycles. The Bertz CT molecular complexity index is 1430. The third-order valence-corrected chi connectivity index (χ3v) is 7.34. The summed E-state index contributed by atoms with van der Waals surface area (Å²) in [5.41, 5.74) is 3.78. The lowest BCUT2D eigenvalue weighted by atomic mass is 10.1. The number of primary sulfonamides is 1. The summed E-state index contributed by atoms with van der Waals surface area (Å²) in [7, 11) is -3.76. The maximum Gasteiger partial charge on any atom is 0.319 e. The molecule has 0 spiro atoms. The highest BCUT2D eigenvalue weighted by Gasteiger charge is 2.18. The van der Waals surface area contributed by atoms with Crippen molar-refractivity contribution in [2.75, 3.05) is 10.0 Å². The standard InChI is InChI=1S/C26H24N4O4S2/c27-36(33,34)23-16-10-19(11-17-23)18-28-26(31)29-21-12-14-22(15-13-21)30-35(32)25-9-5-4-8-24(25)20-6-2-1-3-7-20/h1-17,30H,18H2,(H2,27,33,34)(H2,28,29,31). The van der Waals surface area contributed by atoms with Gasteiger partial charge in [-0.3, -0.25) is 0 Å². The minimum atomic E-state index is -3.76. The lowest BCUT2D eigenvalue weighted by Crippen LogP contribution is -2.28. The number of nitrogens with two attached hydrogens (primary N) is 1. The van der Waals surface area contributed by atoms with Crippen LogP contribution in [0, 0.1) is 0 Å². The number of rotatable bonds is 8. The van der Waals surface area contributed by atoms with Crippen molar-refractivity contribution in [3.63, 3.8) is 0 Å². The van der Waals surface area contributed by atoms with E-state index < -0.39 is 27.4 Å². The van der Waals surface area contributed by atoms with E-state index in [9.17, 15) is 17.8 Å². The van der Waals surface area contributed by atoms with Crippen LogP contribution in [0.4, 0.5) is 16.2 Å². The summed E-state index contributed by atoms with van der Waals surface area (Å²) in [5, 5.41) is 10.5. The van der Waals surface area contributed by atoms with Crippen LogP contribution in [-0.2, 0) is 27.9 Å². The number of benzene rings is 4. The van der Waals surface area contributed by atoms with E-state index in [0.29, 0.717) is 16.3 Å². The lowest BCUT2D eigenvalue weighted by molar-refractivity contribution is 0.251. The molecule has 0 saturated heterocycles. The summed E-state index contributed by atoms with van der Waals surface area (Å²) >= 11 is -1.49. The first-order valence-electron chi connectivity index (χ1n) is 10.9. The fourth-order valence-electron chi connectivity index (χ4n) is 3.42. The third-order valence-electron chi connectivity index (χ3n) is 5.23. The van der Waals surface area contributed by atoms with Crippen LogP contribution in [0.1, 0.15) is 5.56 Å². The first-order valence-corrected chi connectivity index (χ1v) is 13.6. The van der Waals surface area contributed by atoms with Gasteiger partial charge in [-0.25, -0.2) is 23.1 Å². The van der Waals surface area contributed by atoms with Crippen LogP contribution >= 0.6 is 0 Å². The smallest absolute Gasteiger partial charge is 0.319 e. The number of carbonyl (C=O) groups excluding carboxylic acids is 1. The van der Waals surface area contributed by atoms with Gasteiger partial charge in [0.2, 0.25) is 10.0 Å². The van der Waals surface area contributed by atoms with Crippen molar-refractivity contribution < 1.29 is 17.8 Å². The predicted molar refractivity (Wildman–Crippen MR) is 142 cm³/mol. The van der Waals surface area contributed by atoms with Crippen molar-refractivity contribution in [2.24, 2.45) is 5.14 Å². The Morgan fingerprint density at radius 2 is 1.42 bits per heavy atom. The van der Waals surface area contributed by atoms with Crippen LogP contribution in [0.15, 0.2) is 113 Å². The molecule has 0 radical (unpaired) electrons. The van der Waals surface area contributed by atoms with Gasteiger partial charge in [0.15, 0.2) is 4.90 Å². The van der Waals surface area contributed by atoms with Crippen molar-refractivity contribution in [1.29, 1.82) is 0 Å². The first kappa shape index (κ1) is 25.3. The Hall–Kier alpha value is -3.83. The lowest BCUT2D eigenvalue weighted by Gasteiger charge is -2.15. The minimum Gasteiger partial charge on any atom is -0.588 e. The molecule has 1 atom stereocenters. The van der Waals surface area contributed by atoms with Gasteiger partial charge in [-0.15, -0.1) is 0 Å². The van der Waals surface area contributed by atoms with Crippen molar-refractivity contribution in [1.82, 2.24) is 5.32 Å². The molecule has 0 bridgehead atoms. The predicted octanol–water partition coefficient (Wildman–Crippen LogP) is 4.46. The highest BCUT2D eigenvalue weighted by molar-refractivity contribution is 7.92. The molecule has 0 heterocycles. The van der Waals surface area contributed by atoms with Gasteiger partial charge in [0.05, 0.1) is 10.6 Å². The second-order valence-corrected chi connectivity index (χ2v) is 10.5. The number of nitrogens with one attached hydrogen (secondary N) is 3. The van der Waals surface area contributed by atoms with Crippen LogP contribution in [0.3, 0.4) is 0 Å². The number of urea groups is 1. The third kappa shape index (κ3) is 6.64. The molecule has 0 fully saturated rings. The second-order valence-electron chi connectivity index (χ2n) is 7.81. The maximum absolute atomic E-state index is 13.0. The zero-order valence-electron chi connectivity index (χ0n) is 19.0. The molecule has 36 heavy (non-hydrogen) atoms. The van der Waals surface area contributed by atoms with Gasteiger partial charge in [0.25, 0.3) is 0 Å². The zero-order chi connectivity index (χ0) is 25.5. The Balaban J connectivity index is 1.33. The number of anilines is 2. The van der Waals surface area contributed by atoms with Crippen molar-refractivity contribution in [3.05, 3.63) is 109 Å². The molecule has 0 saturated carbocycles. The average Bonchev–Trinajstić information content (AvgIpc) is 2.89. The van der Waals surface area contributed by atoms with E-state index in [4.69, 9.17) is 5.14 Å². The van der Waals surface area contributed by atoms with E-state index in [0.717, 1.165) is 16.7 Å². The molecule has 8 nitrogen and oxygen atoms in total. The topological polar surface area (TPSA) is 136 Å². The van der Waals surface area contributed by atoms with Gasteiger partial charge < -0.3 is 15.2 Å². The fourth-order valence-corrected chi connectivity index (χ4v) is 4.99. The molecule has 4 aromatic rings. The molecule has 0 aromatic heterocycles. The summed E-state index contributed by atoms with van der Waals surface area (Å²) in [5.74, 6) is 0. The summed E-state index contributed by atoms with van der Waals surface area (Å²) in [6.07, 6.45) is 0. The first-order chi connectivity index (χ1) is 17.3. The van der Waals surface area contributed by atoms with E-state index in [1.54, 1.807) is 36.4 Å². The van der Waals surface area contributed by atoms with Crippen LogP contribution in [-0.4, -0.2) is 19.0 Å². The molecule has 4 aromatic carbocycles. The van der Waals surface area contributed by atoms with Crippen molar-refractivity contribution in [3.8, 4) is 11.1 Å². The largest absolute Gasteiger partial charge is 0.588 e. The average molecular weight is 521 g/mol. The molecule has 5 N–H and O–H groups in total. The van der Waals surface area contributed by atoms with Gasteiger partial charge in [0.1, 0.15) is 11.4 Å². The van der Waals surface area contributed by atoms with Crippen LogP contribution in [0.2, 0.25) is 0 Å². The number of carbonyl (C=O) groups is 1.